The molecule has 8 heteroatoms. The number of nitriles is 1. The number of nitrogens with zero attached hydrogens (tertiary/aromatic N) is 2. The smallest absolute Gasteiger partial charge is 0.339 e. The number of amides is 1. The van der Waals surface area contributed by atoms with Crippen LogP contribution >= 0.6 is 0 Å². The summed E-state index contributed by atoms with van der Waals surface area (Å²) < 4.78 is 15.6. The molecule has 0 aliphatic carbocycles. The lowest BCUT2D eigenvalue weighted by molar-refractivity contribution is -0.147. The molecule has 164 valence electrons. The van der Waals surface area contributed by atoms with E-state index in [1.54, 1.807) is 55.5 Å². The Morgan fingerprint density at radius 3 is 2.59 bits per heavy atom. The fraction of sp³-hybridized carbons (Fsp3) is 0.250. The molecule has 0 atom stereocenters. The Bertz CT molecular complexity index is 1230. The van der Waals surface area contributed by atoms with E-state index in [0.717, 1.165) is 5.39 Å². The van der Waals surface area contributed by atoms with Crippen molar-refractivity contribution in [1.82, 2.24) is 0 Å². The van der Waals surface area contributed by atoms with Crippen molar-refractivity contribution in [2.75, 3.05) is 25.2 Å². The number of methoxy groups -OCH3 is 1. The van der Waals surface area contributed by atoms with Gasteiger partial charge < -0.3 is 13.9 Å². The summed E-state index contributed by atoms with van der Waals surface area (Å²) in [4.78, 5) is 38.3. The number of aryl methyl sites for hydroxylation is 1. The minimum absolute atomic E-state index is 0.0931. The molecule has 3 aromatic rings. The predicted octanol–water partition coefficient (Wildman–Crippen LogP) is 3.14. The zero-order valence-electron chi connectivity index (χ0n) is 17.8. The average Bonchev–Trinajstić information content (AvgIpc) is 2.81. The second-order valence-corrected chi connectivity index (χ2v) is 6.99. The Hall–Kier alpha value is -4.12. The number of ether oxygens (including phenoxy) is 2. The minimum Gasteiger partial charge on any atom is -0.497 e. The number of hydrogen-bond donors (Lipinski definition) is 0. The molecule has 2 aromatic carbocycles. The third-order valence-corrected chi connectivity index (χ3v) is 5.03. The van der Waals surface area contributed by atoms with Gasteiger partial charge in [-0.3, -0.25) is 14.5 Å². The van der Waals surface area contributed by atoms with Crippen LogP contribution in [0.4, 0.5) is 5.69 Å². The molecular formula is C24H22N2O6. The van der Waals surface area contributed by atoms with Crippen molar-refractivity contribution in [3.63, 3.8) is 0 Å². The van der Waals surface area contributed by atoms with E-state index in [0.29, 0.717) is 28.1 Å². The second-order valence-electron chi connectivity index (χ2n) is 6.99. The maximum Gasteiger partial charge on any atom is 0.339 e. The number of carbonyl (C=O) groups is 2. The largest absolute Gasteiger partial charge is 0.497 e. The van der Waals surface area contributed by atoms with Crippen molar-refractivity contribution in [3.8, 4) is 11.8 Å². The quantitative estimate of drug-likeness (QED) is 0.304. The molecule has 0 fully saturated rings. The molecule has 1 amide bonds. The molecule has 32 heavy (non-hydrogen) atoms. The monoisotopic (exact) mass is 434 g/mol. The van der Waals surface area contributed by atoms with Gasteiger partial charge in [-0.25, -0.2) is 4.79 Å². The molecule has 0 N–H and O–H groups in total. The lowest BCUT2D eigenvalue weighted by Crippen LogP contribution is -2.35. The van der Waals surface area contributed by atoms with Crippen LogP contribution in [0.1, 0.15) is 17.5 Å². The molecule has 3 rings (SSSR count). The van der Waals surface area contributed by atoms with E-state index in [-0.39, 0.29) is 19.4 Å². The zero-order chi connectivity index (χ0) is 23.1. The van der Waals surface area contributed by atoms with Crippen LogP contribution in [0, 0.1) is 18.3 Å². The number of benzene rings is 2. The van der Waals surface area contributed by atoms with Crippen LogP contribution < -0.4 is 15.3 Å². The molecule has 1 aromatic heterocycles. The van der Waals surface area contributed by atoms with Crippen LogP contribution in [0.5, 0.6) is 5.75 Å². The molecule has 0 radical (unpaired) electrons. The second kappa shape index (κ2) is 10.3. The van der Waals surface area contributed by atoms with Crippen molar-refractivity contribution in [2.24, 2.45) is 0 Å². The fourth-order valence-electron chi connectivity index (χ4n) is 3.31. The van der Waals surface area contributed by atoms with E-state index >= 15 is 0 Å². The topological polar surface area (TPSA) is 110 Å². The van der Waals surface area contributed by atoms with Crippen LogP contribution in [0.25, 0.3) is 11.0 Å². The summed E-state index contributed by atoms with van der Waals surface area (Å²) in [6, 6.07) is 15.8. The number of hydrogen-bond acceptors (Lipinski definition) is 7. The molecule has 0 aliphatic rings. The Labute approximate surface area is 184 Å². The van der Waals surface area contributed by atoms with E-state index in [1.807, 2.05) is 6.07 Å². The van der Waals surface area contributed by atoms with E-state index in [1.165, 1.54) is 12.0 Å². The van der Waals surface area contributed by atoms with Crippen LogP contribution in [-0.4, -0.2) is 32.1 Å². The van der Waals surface area contributed by atoms with Gasteiger partial charge in [-0.05, 0) is 43.2 Å². The third kappa shape index (κ3) is 5.13. The number of rotatable bonds is 8. The molecule has 0 spiro atoms. The van der Waals surface area contributed by atoms with Gasteiger partial charge in [0.1, 0.15) is 17.9 Å². The van der Waals surface area contributed by atoms with Crippen LogP contribution in [-0.2, 0) is 20.7 Å². The van der Waals surface area contributed by atoms with Gasteiger partial charge in [-0.15, -0.1) is 0 Å². The van der Waals surface area contributed by atoms with Gasteiger partial charge in [-0.2, -0.15) is 5.26 Å². The summed E-state index contributed by atoms with van der Waals surface area (Å²) in [5.41, 5.74) is 1.50. The Morgan fingerprint density at radius 2 is 1.91 bits per heavy atom. The van der Waals surface area contributed by atoms with Gasteiger partial charge in [0.05, 0.1) is 13.2 Å². The average molecular weight is 434 g/mol. The maximum atomic E-state index is 12.4. The van der Waals surface area contributed by atoms with Crippen molar-refractivity contribution in [3.05, 3.63) is 70.1 Å². The van der Waals surface area contributed by atoms with E-state index in [2.05, 4.69) is 0 Å². The first-order chi connectivity index (χ1) is 15.4. The standard InChI is InChI=1S/C24H22N2O6/c1-16-19-9-8-18(30-2)14-21(19)32-24(29)20(16)10-11-23(28)31-15-22(27)26(13-12-25)17-6-4-3-5-7-17/h3-9,14H,10-11,13,15H2,1-2H3. The van der Waals surface area contributed by atoms with Gasteiger partial charge in [-0.1, -0.05) is 18.2 Å². The predicted molar refractivity (Wildman–Crippen MR) is 117 cm³/mol. The lowest BCUT2D eigenvalue weighted by Gasteiger charge is -2.19. The van der Waals surface area contributed by atoms with Crippen LogP contribution in [0.2, 0.25) is 0 Å². The van der Waals surface area contributed by atoms with Crippen molar-refractivity contribution >= 4 is 28.5 Å². The fourth-order valence-corrected chi connectivity index (χ4v) is 3.31. The number of para-hydroxylation sites is 1. The Balaban J connectivity index is 1.63. The zero-order valence-corrected chi connectivity index (χ0v) is 17.8. The lowest BCUT2D eigenvalue weighted by atomic mass is 10.0. The molecular weight excluding hydrogens is 412 g/mol. The van der Waals surface area contributed by atoms with Gasteiger partial charge in [0.2, 0.25) is 0 Å². The van der Waals surface area contributed by atoms with Crippen molar-refractivity contribution in [2.45, 2.75) is 19.8 Å². The minimum atomic E-state index is -0.628. The van der Waals surface area contributed by atoms with Crippen LogP contribution in [0.15, 0.2) is 57.7 Å². The summed E-state index contributed by atoms with van der Waals surface area (Å²) in [5, 5.41) is 9.74. The highest BCUT2D eigenvalue weighted by molar-refractivity contribution is 5.95. The molecule has 0 saturated carbocycles. The molecule has 0 aliphatic heterocycles. The highest BCUT2D eigenvalue weighted by atomic mass is 16.5. The van der Waals surface area contributed by atoms with E-state index in [4.69, 9.17) is 19.2 Å². The maximum absolute atomic E-state index is 12.4. The highest BCUT2D eigenvalue weighted by Gasteiger charge is 2.18. The van der Waals surface area contributed by atoms with E-state index < -0.39 is 24.1 Å². The third-order valence-electron chi connectivity index (χ3n) is 5.03. The first-order valence-electron chi connectivity index (χ1n) is 9.93. The summed E-state index contributed by atoms with van der Waals surface area (Å²) in [5.74, 6) is -0.569. The summed E-state index contributed by atoms with van der Waals surface area (Å²) in [6.45, 7) is 1.12. The molecule has 8 nitrogen and oxygen atoms in total. The number of esters is 1. The summed E-state index contributed by atoms with van der Waals surface area (Å²) >= 11 is 0. The van der Waals surface area contributed by atoms with Crippen molar-refractivity contribution in [1.29, 1.82) is 5.26 Å². The first kappa shape index (κ1) is 22.6. The molecule has 1 heterocycles. The summed E-state index contributed by atoms with van der Waals surface area (Å²) in [7, 11) is 1.52. The van der Waals surface area contributed by atoms with Gasteiger partial charge in [0, 0.05) is 29.1 Å². The Morgan fingerprint density at radius 1 is 1.16 bits per heavy atom. The SMILES string of the molecule is COc1ccc2c(C)c(CCC(=O)OCC(=O)N(CC#N)c3ccccc3)c(=O)oc2c1. The van der Waals surface area contributed by atoms with Gasteiger partial charge >= 0.3 is 11.6 Å². The molecule has 0 saturated heterocycles. The number of anilines is 1. The summed E-state index contributed by atoms with van der Waals surface area (Å²) in [6.07, 6.45) is 0.0217. The molecule has 0 bridgehead atoms. The number of fused-ring (bicyclic) bond motifs is 1. The van der Waals surface area contributed by atoms with Gasteiger partial charge in [0.25, 0.3) is 5.91 Å². The first-order valence-corrected chi connectivity index (χ1v) is 9.93. The van der Waals surface area contributed by atoms with E-state index in [9.17, 15) is 14.4 Å². The van der Waals surface area contributed by atoms with Gasteiger partial charge in [0.15, 0.2) is 6.61 Å². The normalized spacial score (nSPS) is 10.4. The Kier molecular flexibility index (Phi) is 7.24. The van der Waals surface area contributed by atoms with Crippen LogP contribution in [0.3, 0.4) is 0 Å². The van der Waals surface area contributed by atoms with Crippen molar-refractivity contribution < 1.29 is 23.5 Å². The molecule has 0 unspecified atom stereocenters. The number of carbonyl (C=O) groups excluding carboxylic acids is 2. The highest BCUT2D eigenvalue weighted by Crippen LogP contribution is 2.24.